The van der Waals surface area contributed by atoms with Crippen LogP contribution in [0.3, 0.4) is 0 Å². The van der Waals surface area contributed by atoms with E-state index in [1.807, 2.05) is 0 Å². The number of hydrogen-bond donors (Lipinski definition) is 6. The van der Waals surface area contributed by atoms with Crippen molar-refractivity contribution in [1.29, 1.82) is 0 Å². The molecule has 0 aliphatic rings. The fourth-order valence-electron chi connectivity index (χ4n) is 0.655. The van der Waals surface area contributed by atoms with Crippen molar-refractivity contribution in [1.82, 2.24) is 0 Å². The molecule has 0 aromatic rings. The van der Waals surface area contributed by atoms with Crippen LogP contribution in [0.1, 0.15) is 6.42 Å². The number of rotatable bonds is 4. The molecule has 7 N–H and O–H groups in total. The normalized spacial score (nSPS) is 12.7. The van der Waals surface area contributed by atoms with Gasteiger partial charge in [0.2, 0.25) is 0 Å². The van der Waals surface area contributed by atoms with Crippen molar-refractivity contribution in [3.8, 4) is 0 Å². The number of nitrogens with two attached hydrogens (primary N) is 1. The minimum atomic E-state index is -5.31. The average Bonchev–Trinajstić information content (AvgIpc) is 1.82. The van der Waals surface area contributed by atoms with Crippen LogP contribution in [0, 0.1) is 0 Å². The molecule has 0 radical (unpaired) electrons. The quantitative estimate of drug-likeness (QED) is 0.219. The van der Waals surface area contributed by atoms with Crippen molar-refractivity contribution in [3.63, 3.8) is 0 Å². The van der Waals surface area contributed by atoms with E-state index in [1.165, 1.54) is 0 Å². The Labute approximate surface area is 131 Å². The van der Waals surface area contributed by atoms with Gasteiger partial charge in [0.1, 0.15) is 0 Å². The van der Waals surface area contributed by atoms with Crippen LogP contribution in [-0.4, -0.2) is 36.3 Å². The minimum Gasteiger partial charge on any atom is -0.367 e. The van der Waals surface area contributed by atoms with Gasteiger partial charge in [-0.3, -0.25) is 9.13 Å². The Morgan fingerprint density at radius 3 is 1.33 bits per heavy atom. The van der Waals surface area contributed by atoms with Gasteiger partial charge in [0.25, 0.3) is 5.08 Å². The van der Waals surface area contributed by atoms with Crippen LogP contribution in [0.15, 0.2) is 0 Å². The maximum atomic E-state index is 10.6. The minimum absolute atomic E-state index is 0. The zero-order valence-electron chi connectivity index (χ0n) is 8.44. The zero-order valence-corrected chi connectivity index (χ0v) is 14.2. The fourth-order valence-corrected chi connectivity index (χ4v) is 2.85. The van der Waals surface area contributed by atoms with Crippen molar-refractivity contribution in [2.45, 2.75) is 11.5 Å². The molecule has 12 heteroatoms. The first-order valence-corrected chi connectivity index (χ1v) is 6.32. The van der Waals surface area contributed by atoms with Gasteiger partial charge in [0.05, 0.1) is 0 Å². The third kappa shape index (κ3) is 5.59. The van der Waals surface area contributed by atoms with Gasteiger partial charge in [-0.05, 0) is 6.54 Å². The van der Waals surface area contributed by atoms with E-state index in [0.29, 0.717) is 0 Å². The van der Waals surface area contributed by atoms with E-state index in [2.05, 4.69) is 0 Å². The third-order valence-electron chi connectivity index (χ3n) is 1.41. The Morgan fingerprint density at radius 1 is 1.00 bits per heavy atom. The predicted octanol–water partition coefficient (Wildman–Crippen LogP) is -7.66. The van der Waals surface area contributed by atoms with Crippen molar-refractivity contribution < 1.29 is 92.9 Å². The molecule has 8 nitrogen and oxygen atoms in total. The molecule has 0 spiro atoms. The Kier molecular flexibility index (Phi) is 11.4. The first-order chi connectivity index (χ1) is 5.56. The predicted molar refractivity (Wildman–Crippen MR) is 42.7 cm³/mol. The first kappa shape index (κ1) is 22.4. The van der Waals surface area contributed by atoms with Crippen LogP contribution in [0.4, 0.5) is 0 Å². The largest absolute Gasteiger partial charge is 1.00 e. The molecule has 0 saturated carbocycles. The molecule has 0 bridgehead atoms. The second kappa shape index (κ2) is 7.61. The van der Waals surface area contributed by atoms with E-state index in [0.717, 1.165) is 0 Å². The number of hydrogen-bond acceptors (Lipinski definition) is 4. The van der Waals surface area contributed by atoms with Crippen LogP contribution < -0.4 is 64.8 Å². The molecule has 0 atom stereocenters. The molecule has 0 rings (SSSR count). The molecule has 0 fully saturated rings. The topological polar surface area (TPSA) is 161 Å². The number of aliphatic hydroxyl groups is 1. The molecule has 0 aliphatic carbocycles. The second-order valence-corrected chi connectivity index (χ2v) is 6.41. The third-order valence-corrected chi connectivity index (χ3v) is 5.29. The van der Waals surface area contributed by atoms with Gasteiger partial charge in [-0.15, -0.1) is 0 Å². The first-order valence-electron chi connectivity index (χ1n) is 3.10. The maximum absolute atomic E-state index is 10.6. The van der Waals surface area contributed by atoms with Gasteiger partial charge >= 0.3 is 74.3 Å². The van der Waals surface area contributed by atoms with E-state index in [1.54, 1.807) is 0 Å². The summed E-state index contributed by atoms with van der Waals surface area (Å²) in [6.07, 6.45) is -0.873. The average molecular weight is 281 g/mol. The summed E-state index contributed by atoms with van der Waals surface area (Å²) in [6.45, 7) is -0.452. The summed E-state index contributed by atoms with van der Waals surface area (Å²) in [6, 6.07) is 0. The van der Waals surface area contributed by atoms with Crippen LogP contribution >= 0.6 is 15.2 Å². The van der Waals surface area contributed by atoms with Crippen LogP contribution in [0.5, 0.6) is 0 Å². The van der Waals surface area contributed by atoms with E-state index in [-0.39, 0.29) is 59.1 Å². The van der Waals surface area contributed by atoms with E-state index in [4.69, 9.17) is 30.4 Å². The standard InChI is InChI=1S/C3H11NO7P2.2Na/c4-2-1-3(5,12(6,7)8)13(9,10)11;;/h5H,1-2,4H2,(H2,6,7,8)(H2,9,10,11);;/q;2*+1. The molecule has 0 saturated heterocycles. The Morgan fingerprint density at radius 2 is 1.27 bits per heavy atom. The van der Waals surface area contributed by atoms with Crippen molar-refractivity contribution in [3.05, 3.63) is 0 Å². The molecule has 0 unspecified atom stereocenters. The van der Waals surface area contributed by atoms with Crippen LogP contribution in [0.25, 0.3) is 0 Å². The molecule has 15 heavy (non-hydrogen) atoms. The molecule has 0 aromatic carbocycles. The maximum Gasteiger partial charge on any atom is 1.00 e. The molecule has 0 heterocycles. The summed E-state index contributed by atoms with van der Waals surface area (Å²) < 4.78 is 21.2. The molecular weight excluding hydrogens is 270 g/mol. The fraction of sp³-hybridized carbons (Fsp3) is 1.00. The SMILES string of the molecule is NCCC(O)(P(=O)(O)O)P(=O)(O)O.[Na+].[Na+]. The summed E-state index contributed by atoms with van der Waals surface area (Å²) in [7, 11) is -10.6. The van der Waals surface area contributed by atoms with E-state index >= 15 is 0 Å². The summed E-state index contributed by atoms with van der Waals surface area (Å²) in [5.41, 5.74) is 4.86. The molecule has 80 valence electrons. The van der Waals surface area contributed by atoms with Gasteiger partial charge in [-0.1, -0.05) is 0 Å². The van der Waals surface area contributed by atoms with Crippen molar-refractivity contribution in [2.75, 3.05) is 6.54 Å². The van der Waals surface area contributed by atoms with Gasteiger partial charge in [-0.2, -0.15) is 0 Å². The Hall–Kier alpha value is 2.22. The van der Waals surface area contributed by atoms with Gasteiger partial charge in [-0.25, -0.2) is 0 Å². The van der Waals surface area contributed by atoms with Gasteiger partial charge < -0.3 is 30.4 Å². The van der Waals surface area contributed by atoms with Crippen LogP contribution in [-0.2, 0) is 9.13 Å². The van der Waals surface area contributed by atoms with Gasteiger partial charge in [0.15, 0.2) is 0 Å². The summed E-state index contributed by atoms with van der Waals surface area (Å²) in [4.78, 5) is 34.1. The molecular formula is C3H11NNa2O7P2+2. The Bertz CT molecular complexity index is 251. The van der Waals surface area contributed by atoms with E-state index in [9.17, 15) is 9.13 Å². The van der Waals surface area contributed by atoms with Crippen molar-refractivity contribution >= 4 is 15.2 Å². The summed E-state index contributed by atoms with van der Waals surface area (Å²) in [5, 5.41) is 5.71. The molecule has 0 aliphatic heterocycles. The van der Waals surface area contributed by atoms with Gasteiger partial charge in [0, 0.05) is 6.42 Å². The van der Waals surface area contributed by atoms with Crippen molar-refractivity contribution in [2.24, 2.45) is 5.73 Å². The summed E-state index contributed by atoms with van der Waals surface area (Å²) in [5.74, 6) is 0. The zero-order chi connectivity index (χ0) is 10.9. The second-order valence-electron chi connectivity index (χ2n) is 2.40. The summed E-state index contributed by atoms with van der Waals surface area (Å²) >= 11 is 0. The Balaban J connectivity index is -0.000000720. The molecule has 0 aromatic heterocycles. The van der Waals surface area contributed by atoms with Crippen LogP contribution in [0.2, 0.25) is 0 Å². The molecule has 0 amide bonds. The van der Waals surface area contributed by atoms with E-state index < -0.39 is 33.2 Å². The monoisotopic (exact) mass is 281 g/mol. The smallest absolute Gasteiger partial charge is 0.367 e.